The Hall–Kier alpha value is -1.63. The van der Waals surface area contributed by atoms with E-state index >= 15 is 0 Å². The molecule has 0 bridgehead atoms. The molecule has 1 heterocycles. The zero-order valence-corrected chi connectivity index (χ0v) is 14.7. The number of carbonyl (C=O) groups excluding carboxylic acids is 1. The predicted octanol–water partition coefficient (Wildman–Crippen LogP) is 1.01. The Morgan fingerprint density at radius 2 is 2.17 bits per heavy atom. The number of hydrogen-bond acceptors (Lipinski definition) is 5. The average Bonchev–Trinajstić information content (AvgIpc) is 2.64. The monoisotopic (exact) mass is 335 g/mol. The van der Waals surface area contributed by atoms with Crippen LogP contribution in [0.15, 0.2) is 24.3 Å². The highest BCUT2D eigenvalue weighted by atomic mass is 16.5. The van der Waals surface area contributed by atoms with E-state index in [0.717, 1.165) is 50.5 Å². The van der Waals surface area contributed by atoms with Crippen molar-refractivity contribution in [1.29, 1.82) is 0 Å². The molecule has 1 amide bonds. The van der Waals surface area contributed by atoms with Crippen LogP contribution in [0.2, 0.25) is 0 Å². The fourth-order valence-electron chi connectivity index (χ4n) is 2.65. The summed E-state index contributed by atoms with van der Waals surface area (Å²) in [5.41, 5.74) is 0.993. The minimum absolute atomic E-state index is 0.0572. The van der Waals surface area contributed by atoms with Gasteiger partial charge in [-0.1, -0.05) is 12.1 Å². The van der Waals surface area contributed by atoms with Crippen LogP contribution in [-0.4, -0.2) is 63.3 Å². The second-order valence-corrected chi connectivity index (χ2v) is 6.04. The fourth-order valence-corrected chi connectivity index (χ4v) is 2.65. The minimum atomic E-state index is -0.463. The molecule has 2 rings (SSSR count). The molecule has 1 aliphatic rings. The summed E-state index contributed by atoms with van der Waals surface area (Å²) in [7, 11) is 1.64. The summed E-state index contributed by atoms with van der Waals surface area (Å²) in [5.74, 6) is 0.735. The Labute approximate surface area is 144 Å². The molecule has 1 atom stereocenters. The predicted molar refractivity (Wildman–Crippen MR) is 94.2 cm³/mol. The van der Waals surface area contributed by atoms with Gasteiger partial charge in [0.25, 0.3) is 0 Å². The van der Waals surface area contributed by atoms with E-state index in [9.17, 15) is 4.79 Å². The van der Waals surface area contributed by atoms with Crippen molar-refractivity contribution >= 4 is 5.91 Å². The smallest absolute Gasteiger partial charge is 0.248 e. The number of nitrogens with one attached hydrogen (secondary N) is 2. The van der Waals surface area contributed by atoms with E-state index in [-0.39, 0.29) is 5.91 Å². The van der Waals surface area contributed by atoms with Crippen molar-refractivity contribution in [2.45, 2.75) is 26.1 Å². The summed E-state index contributed by atoms with van der Waals surface area (Å²) in [5, 5.41) is 6.29. The van der Waals surface area contributed by atoms with Gasteiger partial charge in [0.1, 0.15) is 11.9 Å². The molecule has 0 aliphatic carbocycles. The molecule has 1 unspecified atom stereocenters. The van der Waals surface area contributed by atoms with Gasteiger partial charge in [0.2, 0.25) is 5.91 Å². The molecule has 0 spiro atoms. The van der Waals surface area contributed by atoms with Crippen LogP contribution in [0.25, 0.3) is 0 Å². The molecular weight excluding hydrogens is 306 g/mol. The standard InChI is InChI=1S/C18H29N3O3/c1-15(24-14-16-5-3-6-17(13-16)23-2)18(22)20-7-4-10-21-11-8-19-9-12-21/h3,5-6,13,15,19H,4,7-12,14H2,1-2H3,(H,20,22). The number of benzene rings is 1. The first kappa shape index (κ1) is 18.7. The molecule has 2 N–H and O–H groups in total. The van der Waals surface area contributed by atoms with Crippen molar-refractivity contribution in [3.63, 3.8) is 0 Å². The molecule has 0 aromatic heterocycles. The molecule has 1 aromatic rings. The summed E-state index contributed by atoms with van der Waals surface area (Å²) in [6.07, 6.45) is 0.504. The number of hydrogen-bond donors (Lipinski definition) is 2. The molecular formula is C18H29N3O3. The van der Waals surface area contributed by atoms with Gasteiger partial charge < -0.3 is 25.0 Å². The molecule has 0 radical (unpaired) electrons. The molecule has 1 saturated heterocycles. The van der Waals surface area contributed by atoms with Crippen LogP contribution in [0, 0.1) is 0 Å². The van der Waals surface area contributed by atoms with Crippen LogP contribution in [0.5, 0.6) is 5.75 Å². The average molecular weight is 335 g/mol. The number of carbonyl (C=O) groups is 1. The quantitative estimate of drug-likeness (QED) is 0.660. The normalized spacial score (nSPS) is 16.6. The van der Waals surface area contributed by atoms with Crippen molar-refractivity contribution in [1.82, 2.24) is 15.5 Å². The van der Waals surface area contributed by atoms with Gasteiger partial charge in [-0.05, 0) is 37.6 Å². The van der Waals surface area contributed by atoms with Crippen LogP contribution in [0.1, 0.15) is 18.9 Å². The second-order valence-electron chi connectivity index (χ2n) is 6.04. The molecule has 1 fully saturated rings. The van der Waals surface area contributed by atoms with Crippen LogP contribution >= 0.6 is 0 Å². The van der Waals surface area contributed by atoms with E-state index in [2.05, 4.69) is 15.5 Å². The summed E-state index contributed by atoms with van der Waals surface area (Å²) >= 11 is 0. The van der Waals surface area contributed by atoms with E-state index < -0.39 is 6.10 Å². The van der Waals surface area contributed by atoms with Gasteiger partial charge in [0.05, 0.1) is 13.7 Å². The van der Waals surface area contributed by atoms with E-state index in [0.29, 0.717) is 13.2 Å². The third kappa shape index (κ3) is 6.47. The van der Waals surface area contributed by atoms with Crippen LogP contribution < -0.4 is 15.4 Å². The Morgan fingerprint density at radius 1 is 1.38 bits per heavy atom. The first-order valence-corrected chi connectivity index (χ1v) is 8.64. The highest BCUT2D eigenvalue weighted by Crippen LogP contribution is 2.13. The largest absolute Gasteiger partial charge is 0.497 e. The van der Waals surface area contributed by atoms with E-state index in [1.807, 2.05) is 24.3 Å². The van der Waals surface area contributed by atoms with Crippen molar-refractivity contribution in [2.75, 3.05) is 46.4 Å². The van der Waals surface area contributed by atoms with Crippen molar-refractivity contribution < 1.29 is 14.3 Å². The molecule has 24 heavy (non-hydrogen) atoms. The maximum Gasteiger partial charge on any atom is 0.248 e. The van der Waals surface area contributed by atoms with Crippen LogP contribution in [-0.2, 0) is 16.1 Å². The maximum absolute atomic E-state index is 12.1. The van der Waals surface area contributed by atoms with Gasteiger partial charge in [0.15, 0.2) is 0 Å². The summed E-state index contributed by atoms with van der Waals surface area (Å²) < 4.78 is 10.8. The first-order valence-electron chi connectivity index (χ1n) is 8.64. The third-order valence-electron chi connectivity index (χ3n) is 4.16. The lowest BCUT2D eigenvalue weighted by molar-refractivity contribution is -0.132. The van der Waals surface area contributed by atoms with E-state index in [1.54, 1.807) is 14.0 Å². The number of rotatable bonds is 9. The molecule has 6 heteroatoms. The van der Waals surface area contributed by atoms with E-state index in [4.69, 9.17) is 9.47 Å². The molecule has 6 nitrogen and oxygen atoms in total. The van der Waals surface area contributed by atoms with Crippen molar-refractivity contribution in [3.8, 4) is 5.75 Å². The molecule has 0 saturated carbocycles. The Kier molecular flexibility index (Phi) is 8.01. The number of amides is 1. The van der Waals surface area contributed by atoms with Crippen LogP contribution in [0.4, 0.5) is 0 Å². The first-order chi connectivity index (χ1) is 11.7. The van der Waals surface area contributed by atoms with Crippen molar-refractivity contribution in [3.05, 3.63) is 29.8 Å². The summed E-state index contributed by atoms with van der Waals surface area (Å²) in [6.45, 7) is 8.19. The molecule has 134 valence electrons. The van der Waals surface area contributed by atoms with Crippen molar-refractivity contribution in [2.24, 2.45) is 0 Å². The number of nitrogens with zero attached hydrogens (tertiary/aromatic N) is 1. The Bertz CT molecular complexity index is 504. The fraction of sp³-hybridized carbons (Fsp3) is 0.611. The zero-order chi connectivity index (χ0) is 17.2. The highest BCUT2D eigenvalue weighted by Gasteiger charge is 2.13. The molecule has 1 aliphatic heterocycles. The number of ether oxygens (including phenoxy) is 2. The third-order valence-corrected chi connectivity index (χ3v) is 4.16. The van der Waals surface area contributed by atoms with Gasteiger partial charge in [0, 0.05) is 32.7 Å². The number of methoxy groups -OCH3 is 1. The van der Waals surface area contributed by atoms with Crippen LogP contribution in [0.3, 0.4) is 0 Å². The van der Waals surface area contributed by atoms with Gasteiger partial charge in [-0.25, -0.2) is 0 Å². The van der Waals surface area contributed by atoms with Gasteiger partial charge in [-0.3, -0.25) is 4.79 Å². The topological polar surface area (TPSA) is 62.8 Å². The van der Waals surface area contributed by atoms with Gasteiger partial charge in [-0.2, -0.15) is 0 Å². The lowest BCUT2D eigenvalue weighted by Crippen LogP contribution is -2.44. The second kappa shape index (κ2) is 10.3. The van der Waals surface area contributed by atoms with Gasteiger partial charge >= 0.3 is 0 Å². The summed E-state index contributed by atoms with van der Waals surface area (Å²) in [4.78, 5) is 14.5. The molecule has 1 aromatic carbocycles. The SMILES string of the molecule is COc1cccc(COC(C)C(=O)NCCCN2CCNCC2)c1. The van der Waals surface area contributed by atoms with E-state index in [1.165, 1.54) is 0 Å². The Balaban J connectivity index is 1.60. The summed E-state index contributed by atoms with van der Waals surface area (Å²) in [6, 6.07) is 7.68. The maximum atomic E-state index is 12.1. The highest BCUT2D eigenvalue weighted by molar-refractivity contribution is 5.80. The van der Waals surface area contributed by atoms with Gasteiger partial charge in [-0.15, -0.1) is 0 Å². The lowest BCUT2D eigenvalue weighted by Gasteiger charge is -2.27. The Morgan fingerprint density at radius 3 is 2.92 bits per heavy atom. The zero-order valence-electron chi connectivity index (χ0n) is 14.7. The number of piperazine rings is 1. The minimum Gasteiger partial charge on any atom is -0.497 e. The lowest BCUT2D eigenvalue weighted by atomic mass is 10.2.